The molecule has 106 valence electrons. The largest absolute Gasteiger partial charge is 0.256 e. The predicted molar refractivity (Wildman–Crippen MR) is 87.0 cm³/mol. The second-order valence-corrected chi connectivity index (χ2v) is 5.59. The molecule has 0 atom stereocenters. The maximum absolute atomic E-state index is 4.63. The van der Waals surface area contributed by atoms with Crippen molar-refractivity contribution in [2.45, 2.75) is 52.4 Å². The summed E-state index contributed by atoms with van der Waals surface area (Å²) in [5.41, 5.74) is 5.36. The highest BCUT2D eigenvalue weighted by atomic mass is 14.7. The SMILES string of the molecule is CCC(CC)(CC)c1cc(-c2ccccc2)ncc1C. The molecule has 0 fully saturated rings. The molecule has 2 aromatic rings. The third-order valence-corrected chi connectivity index (χ3v) is 4.77. The summed E-state index contributed by atoms with van der Waals surface area (Å²) in [7, 11) is 0. The Balaban J connectivity index is 2.54. The fourth-order valence-electron chi connectivity index (χ4n) is 3.18. The maximum Gasteiger partial charge on any atom is 0.0705 e. The first-order valence-corrected chi connectivity index (χ1v) is 7.69. The van der Waals surface area contributed by atoms with Gasteiger partial charge in [0.15, 0.2) is 0 Å². The molecule has 0 aliphatic heterocycles. The first-order chi connectivity index (χ1) is 9.66. The monoisotopic (exact) mass is 267 g/mol. The van der Waals surface area contributed by atoms with Crippen LogP contribution in [0.4, 0.5) is 0 Å². The molecule has 0 aliphatic rings. The Kier molecular flexibility index (Phi) is 4.59. The molecule has 0 saturated heterocycles. The molecule has 0 radical (unpaired) electrons. The van der Waals surface area contributed by atoms with Gasteiger partial charge in [-0.25, -0.2) is 0 Å². The van der Waals surface area contributed by atoms with Crippen LogP contribution in [0.5, 0.6) is 0 Å². The number of pyridine rings is 1. The molecule has 2 rings (SSSR count). The maximum atomic E-state index is 4.63. The average Bonchev–Trinajstić information content (AvgIpc) is 2.52. The van der Waals surface area contributed by atoms with Gasteiger partial charge in [0.25, 0.3) is 0 Å². The molecular weight excluding hydrogens is 242 g/mol. The Bertz CT molecular complexity index is 545. The van der Waals surface area contributed by atoms with Crippen LogP contribution in [0.3, 0.4) is 0 Å². The number of rotatable bonds is 5. The number of aryl methyl sites for hydroxylation is 1. The fraction of sp³-hybridized carbons (Fsp3) is 0.421. The van der Waals surface area contributed by atoms with Crippen LogP contribution in [-0.4, -0.2) is 4.98 Å². The smallest absolute Gasteiger partial charge is 0.0705 e. The lowest BCUT2D eigenvalue weighted by molar-refractivity contribution is 0.379. The summed E-state index contributed by atoms with van der Waals surface area (Å²) in [6.45, 7) is 9.09. The summed E-state index contributed by atoms with van der Waals surface area (Å²) in [5.74, 6) is 0. The van der Waals surface area contributed by atoms with Crippen molar-refractivity contribution in [2.24, 2.45) is 0 Å². The minimum atomic E-state index is 0.288. The minimum Gasteiger partial charge on any atom is -0.256 e. The van der Waals surface area contributed by atoms with Gasteiger partial charge in [0.05, 0.1) is 5.69 Å². The summed E-state index contributed by atoms with van der Waals surface area (Å²) in [5, 5.41) is 0. The van der Waals surface area contributed by atoms with Gasteiger partial charge in [0.1, 0.15) is 0 Å². The highest BCUT2D eigenvalue weighted by molar-refractivity contribution is 5.60. The Labute approximate surface area is 123 Å². The highest BCUT2D eigenvalue weighted by Gasteiger charge is 2.28. The van der Waals surface area contributed by atoms with Crippen LogP contribution in [0.2, 0.25) is 0 Å². The van der Waals surface area contributed by atoms with Crippen molar-refractivity contribution in [2.75, 3.05) is 0 Å². The van der Waals surface area contributed by atoms with Crippen molar-refractivity contribution >= 4 is 0 Å². The van der Waals surface area contributed by atoms with E-state index >= 15 is 0 Å². The summed E-state index contributed by atoms with van der Waals surface area (Å²) in [6, 6.07) is 12.8. The topological polar surface area (TPSA) is 12.9 Å². The van der Waals surface area contributed by atoms with Crippen LogP contribution in [0, 0.1) is 6.92 Å². The molecule has 0 N–H and O–H groups in total. The van der Waals surface area contributed by atoms with Crippen LogP contribution in [-0.2, 0) is 5.41 Å². The lowest BCUT2D eigenvalue weighted by Crippen LogP contribution is -2.24. The second kappa shape index (κ2) is 6.21. The van der Waals surface area contributed by atoms with Crippen molar-refractivity contribution in [1.29, 1.82) is 0 Å². The summed E-state index contributed by atoms with van der Waals surface area (Å²) < 4.78 is 0. The van der Waals surface area contributed by atoms with E-state index in [2.05, 4.69) is 63.0 Å². The van der Waals surface area contributed by atoms with Crippen molar-refractivity contribution in [1.82, 2.24) is 4.98 Å². The van der Waals surface area contributed by atoms with Gasteiger partial charge in [-0.15, -0.1) is 0 Å². The zero-order valence-corrected chi connectivity index (χ0v) is 13.1. The van der Waals surface area contributed by atoms with E-state index in [0.717, 1.165) is 5.69 Å². The lowest BCUT2D eigenvalue weighted by Gasteiger charge is -2.33. The van der Waals surface area contributed by atoms with Crippen LogP contribution >= 0.6 is 0 Å². The van der Waals surface area contributed by atoms with E-state index in [9.17, 15) is 0 Å². The van der Waals surface area contributed by atoms with Crippen molar-refractivity contribution in [3.05, 3.63) is 53.7 Å². The number of nitrogens with zero attached hydrogens (tertiary/aromatic N) is 1. The Morgan fingerprint density at radius 1 is 0.950 bits per heavy atom. The molecule has 0 spiro atoms. The minimum absolute atomic E-state index is 0.288. The van der Waals surface area contributed by atoms with E-state index in [1.807, 2.05) is 12.3 Å². The Hall–Kier alpha value is -1.63. The Morgan fingerprint density at radius 3 is 2.10 bits per heavy atom. The van der Waals surface area contributed by atoms with Gasteiger partial charge >= 0.3 is 0 Å². The number of aromatic nitrogens is 1. The molecule has 0 amide bonds. The highest BCUT2D eigenvalue weighted by Crippen LogP contribution is 2.38. The van der Waals surface area contributed by atoms with Crippen molar-refractivity contribution in [3.8, 4) is 11.3 Å². The molecule has 0 aliphatic carbocycles. The molecule has 1 heterocycles. The standard InChI is InChI=1S/C19H25N/c1-5-19(6-2,7-3)17-13-18(20-14-15(17)4)16-11-9-8-10-12-16/h8-14H,5-7H2,1-4H3. The van der Waals surface area contributed by atoms with Crippen molar-refractivity contribution < 1.29 is 0 Å². The predicted octanol–water partition coefficient (Wildman–Crippen LogP) is 5.52. The van der Waals surface area contributed by atoms with E-state index in [0.29, 0.717) is 0 Å². The van der Waals surface area contributed by atoms with Crippen LogP contribution in [0.15, 0.2) is 42.6 Å². The second-order valence-electron chi connectivity index (χ2n) is 5.59. The number of benzene rings is 1. The van der Waals surface area contributed by atoms with Gasteiger partial charge in [-0.2, -0.15) is 0 Å². The van der Waals surface area contributed by atoms with E-state index in [1.54, 1.807) is 0 Å². The molecule has 1 aromatic carbocycles. The molecular formula is C19H25N. The van der Waals surface area contributed by atoms with E-state index in [4.69, 9.17) is 0 Å². The molecule has 20 heavy (non-hydrogen) atoms. The zero-order valence-electron chi connectivity index (χ0n) is 13.1. The quantitative estimate of drug-likeness (QED) is 0.694. The van der Waals surface area contributed by atoms with Crippen LogP contribution in [0.1, 0.15) is 51.2 Å². The van der Waals surface area contributed by atoms with Gasteiger partial charge in [0.2, 0.25) is 0 Å². The third-order valence-electron chi connectivity index (χ3n) is 4.77. The molecule has 1 aromatic heterocycles. The molecule has 1 nitrogen and oxygen atoms in total. The zero-order chi connectivity index (χ0) is 14.6. The van der Waals surface area contributed by atoms with Gasteiger partial charge in [-0.3, -0.25) is 4.98 Å². The first-order valence-electron chi connectivity index (χ1n) is 7.69. The molecule has 0 unspecified atom stereocenters. The molecule has 1 heteroatoms. The van der Waals surface area contributed by atoms with E-state index in [1.165, 1.54) is 36.0 Å². The Morgan fingerprint density at radius 2 is 1.55 bits per heavy atom. The van der Waals surface area contributed by atoms with Crippen LogP contribution in [0.25, 0.3) is 11.3 Å². The summed E-state index contributed by atoms with van der Waals surface area (Å²) in [6.07, 6.45) is 5.57. The average molecular weight is 267 g/mol. The summed E-state index contributed by atoms with van der Waals surface area (Å²) >= 11 is 0. The lowest BCUT2D eigenvalue weighted by atomic mass is 9.72. The first kappa shape index (κ1) is 14.8. The van der Waals surface area contributed by atoms with Crippen LogP contribution < -0.4 is 0 Å². The summed E-state index contributed by atoms with van der Waals surface area (Å²) in [4.78, 5) is 4.63. The van der Waals surface area contributed by atoms with E-state index in [-0.39, 0.29) is 5.41 Å². The normalized spacial score (nSPS) is 11.6. The molecule has 0 bridgehead atoms. The van der Waals surface area contributed by atoms with E-state index < -0.39 is 0 Å². The van der Waals surface area contributed by atoms with Crippen molar-refractivity contribution in [3.63, 3.8) is 0 Å². The fourth-order valence-corrected chi connectivity index (χ4v) is 3.18. The van der Waals surface area contributed by atoms with Gasteiger partial charge in [0, 0.05) is 11.8 Å². The van der Waals surface area contributed by atoms with Gasteiger partial charge in [-0.05, 0) is 48.8 Å². The van der Waals surface area contributed by atoms with Gasteiger partial charge < -0.3 is 0 Å². The number of hydrogen-bond donors (Lipinski definition) is 0. The van der Waals surface area contributed by atoms with Gasteiger partial charge in [-0.1, -0.05) is 51.1 Å². The number of hydrogen-bond acceptors (Lipinski definition) is 1. The molecule has 0 saturated carbocycles. The third kappa shape index (κ3) is 2.63.